The Morgan fingerprint density at radius 2 is 2.00 bits per heavy atom. The smallest absolute Gasteiger partial charge is 0.331 e. The van der Waals surface area contributed by atoms with Gasteiger partial charge in [-0.3, -0.25) is 14.9 Å². The summed E-state index contributed by atoms with van der Waals surface area (Å²) in [6.45, 7) is 4.29. The topological polar surface area (TPSA) is 95.4 Å². The number of carboxylic acid groups (broad SMARTS) is 1. The van der Waals surface area contributed by atoms with E-state index >= 15 is 0 Å². The van der Waals surface area contributed by atoms with Gasteiger partial charge in [0, 0.05) is 30.4 Å². The van der Waals surface area contributed by atoms with Crippen LogP contribution in [0.25, 0.3) is 17.3 Å². The molecular weight excluding hydrogens is 356 g/mol. The van der Waals surface area contributed by atoms with E-state index in [0.29, 0.717) is 17.9 Å². The van der Waals surface area contributed by atoms with E-state index in [1.54, 1.807) is 18.1 Å². The highest BCUT2D eigenvalue weighted by Crippen LogP contribution is 2.22. The zero-order valence-corrected chi connectivity index (χ0v) is 16.5. The van der Waals surface area contributed by atoms with Gasteiger partial charge in [0.15, 0.2) is 0 Å². The third-order valence-electron chi connectivity index (χ3n) is 4.26. The molecule has 7 heteroatoms. The van der Waals surface area contributed by atoms with Gasteiger partial charge in [-0.2, -0.15) is 0 Å². The first-order chi connectivity index (χ1) is 13.4. The number of benzene rings is 1. The highest BCUT2D eigenvalue weighted by Gasteiger charge is 2.11. The molecule has 1 aromatic carbocycles. The highest BCUT2D eigenvalue weighted by atomic mass is 16.4. The van der Waals surface area contributed by atoms with Gasteiger partial charge in [-0.1, -0.05) is 31.9 Å². The van der Waals surface area contributed by atoms with Crippen LogP contribution in [0.4, 0.5) is 10.5 Å². The molecule has 7 nitrogen and oxygen atoms in total. The van der Waals surface area contributed by atoms with Crippen molar-refractivity contribution in [3.63, 3.8) is 0 Å². The van der Waals surface area contributed by atoms with Crippen LogP contribution in [-0.4, -0.2) is 40.7 Å². The van der Waals surface area contributed by atoms with Gasteiger partial charge >= 0.3 is 12.0 Å². The van der Waals surface area contributed by atoms with Crippen LogP contribution in [-0.2, 0) is 4.79 Å². The first kappa shape index (κ1) is 21.1. The van der Waals surface area contributed by atoms with Gasteiger partial charge in [0.05, 0.1) is 23.8 Å². The first-order valence-electron chi connectivity index (χ1n) is 9.28. The van der Waals surface area contributed by atoms with E-state index in [4.69, 9.17) is 5.11 Å². The number of hydrogen-bond acceptors (Lipinski definition) is 4. The van der Waals surface area contributed by atoms with Crippen molar-refractivity contribution >= 4 is 23.8 Å². The number of amides is 2. The molecule has 2 rings (SSSR count). The molecule has 2 amide bonds. The molecule has 0 radical (unpaired) electrons. The van der Waals surface area contributed by atoms with Crippen LogP contribution in [0.5, 0.6) is 0 Å². The molecule has 0 aliphatic rings. The number of aliphatic carboxylic acids is 1. The molecule has 148 valence electrons. The van der Waals surface area contributed by atoms with Crippen LogP contribution in [0.15, 0.2) is 42.2 Å². The lowest BCUT2D eigenvalue weighted by atomic mass is 10.1. The predicted octanol–water partition coefficient (Wildman–Crippen LogP) is 3.97. The Morgan fingerprint density at radius 1 is 1.21 bits per heavy atom. The summed E-state index contributed by atoms with van der Waals surface area (Å²) < 4.78 is 0. The zero-order valence-electron chi connectivity index (χ0n) is 16.5. The van der Waals surface area contributed by atoms with Gasteiger partial charge in [0.25, 0.3) is 0 Å². The third kappa shape index (κ3) is 5.90. The van der Waals surface area contributed by atoms with E-state index in [2.05, 4.69) is 22.2 Å². The summed E-state index contributed by atoms with van der Waals surface area (Å²) >= 11 is 0. The number of carbonyl (C=O) groups excluding carboxylic acids is 1. The summed E-state index contributed by atoms with van der Waals surface area (Å²) in [4.78, 5) is 33.4. The Labute approximate surface area is 165 Å². The van der Waals surface area contributed by atoms with Gasteiger partial charge in [-0.05, 0) is 31.6 Å². The molecule has 0 aliphatic carbocycles. The van der Waals surface area contributed by atoms with Crippen molar-refractivity contribution in [2.75, 3.05) is 18.5 Å². The molecule has 1 heterocycles. The Kier molecular flexibility index (Phi) is 7.68. The highest BCUT2D eigenvalue weighted by molar-refractivity contribution is 5.92. The van der Waals surface area contributed by atoms with E-state index in [0.717, 1.165) is 30.5 Å². The molecule has 0 atom stereocenters. The van der Waals surface area contributed by atoms with Crippen LogP contribution < -0.4 is 10.2 Å². The van der Waals surface area contributed by atoms with Crippen LogP contribution in [0.2, 0.25) is 0 Å². The number of aromatic nitrogens is 2. The Hall–Kier alpha value is -3.22. The zero-order chi connectivity index (χ0) is 20.5. The number of nitrogens with zero attached hydrogens (tertiary/aromatic N) is 3. The first-order valence-corrected chi connectivity index (χ1v) is 9.28. The molecule has 2 aromatic rings. The number of carboxylic acids is 1. The molecule has 0 saturated heterocycles. The quantitative estimate of drug-likeness (QED) is 0.532. The van der Waals surface area contributed by atoms with Crippen LogP contribution >= 0.6 is 0 Å². The van der Waals surface area contributed by atoms with Crippen molar-refractivity contribution in [2.24, 2.45) is 0 Å². The minimum Gasteiger partial charge on any atom is -0.478 e. The SMILES string of the molecule is CCCCCNC(=O)N(C)c1cccc(-c2cnc(/C=C(\C)C(=O)O)cn2)c1. The monoisotopic (exact) mass is 382 g/mol. The van der Waals surface area contributed by atoms with E-state index in [9.17, 15) is 9.59 Å². The van der Waals surface area contributed by atoms with Gasteiger partial charge < -0.3 is 10.4 Å². The fourth-order valence-electron chi connectivity index (χ4n) is 2.53. The number of nitrogens with one attached hydrogen (secondary N) is 1. The van der Waals surface area contributed by atoms with Gasteiger partial charge in [0.1, 0.15) is 0 Å². The fourth-order valence-corrected chi connectivity index (χ4v) is 2.53. The molecule has 0 fully saturated rings. The maximum absolute atomic E-state index is 12.3. The minimum atomic E-state index is -0.991. The van der Waals surface area contributed by atoms with Crippen molar-refractivity contribution in [1.82, 2.24) is 15.3 Å². The number of unbranched alkanes of at least 4 members (excludes halogenated alkanes) is 2. The Balaban J connectivity index is 2.11. The molecule has 0 unspecified atom stereocenters. The normalized spacial score (nSPS) is 11.2. The van der Waals surface area contributed by atoms with Crippen molar-refractivity contribution in [1.29, 1.82) is 0 Å². The summed E-state index contributed by atoms with van der Waals surface area (Å²) in [6.07, 6.45) is 7.75. The van der Waals surface area contributed by atoms with Crippen molar-refractivity contribution in [3.8, 4) is 11.3 Å². The van der Waals surface area contributed by atoms with E-state index in [1.165, 1.54) is 19.2 Å². The molecular formula is C21H26N4O3. The summed E-state index contributed by atoms with van der Waals surface area (Å²) in [7, 11) is 1.72. The minimum absolute atomic E-state index is 0.149. The number of urea groups is 1. The second-order valence-electron chi connectivity index (χ2n) is 6.51. The summed E-state index contributed by atoms with van der Waals surface area (Å²) in [5, 5.41) is 11.8. The molecule has 28 heavy (non-hydrogen) atoms. The summed E-state index contributed by atoms with van der Waals surface area (Å²) in [6, 6.07) is 7.32. The van der Waals surface area contributed by atoms with Crippen molar-refractivity contribution in [2.45, 2.75) is 33.1 Å². The van der Waals surface area contributed by atoms with Gasteiger partial charge in [-0.15, -0.1) is 0 Å². The van der Waals surface area contributed by atoms with E-state index in [-0.39, 0.29) is 11.6 Å². The molecule has 0 aliphatic heterocycles. The van der Waals surface area contributed by atoms with Gasteiger partial charge in [-0.25, -0.2) is 9.59 Å². The van der Waals surface area contributed by atoms with Crippen LogP contribution in [0.3, 0.4) is 0 Å². The van der Waals surface area contributed by atoms with Crippen molar-refractivity contribution in [3.05, 3.63) is 47.9 Å². The molecule has 0 saturated carbocycles. The van der Waals surface area contributed by atoms with E-state index < -0.39 is 5.97 Å². The average Bonchev–Trinajstić information content (AvgIpc) is 2.71. The van der Waals surface area contributed by atoms with E-state index in [1.807, 2.05) is 24.3 Å². The molecule has 1 aromatic heterocycles. The maximum Gasteiger partial charge on any atom is 0.331 e. The maximum atomic E-state index is 12.3. The molecule has 2 N–H and O–H groups in total. The Bertz CT molecular complexity index is 847. The average molecular weight is 382 g/mol. The van der Waals surface area contributed by atoms with Crippen LogP contribution in [0.1, 0.15) is 38.8 Å². The number of hydrogen-bond donors (Lipinski definition) is 2. The van der Waals surface area contributed by atoms with Gasteiger partial charge in [0.2, 0.25) is 0 Å². The second-order valence-corrected chi connectivity index (χ2v) is 6.51. The fraction of sp³-hybridized carbons (Fsp3) is 0.333. The standard InChI is InChI=1S/C21H26N4O3/c1-4-5-6-10-22-21(28)25(3)18-9-7-8-16(12-18)19-14-23-17(13-24-19)11-15(2)20(26)27/h7-9,11-14H,4-6,10H2,1-3H3,(H,22,28)(H,26,27)/b15-11+. The molecule has 0 bridgehead atoms. The lowest BCUT2D eigenvalue weighted by molar-refractivity contribution is -0.132. The largest absolute Gasteiger partial charge is 0.478 e. The van der Waals surface area contributed by atoms with Crippen LogP contribution in [0, 0.1) is 0 Å². The number of carbonyl (C=O) groups is 2. The lowest BCUT2D eigenvalue weighted by Gasteiger charge is -2.18. The number of rotatable bonds is 8. The summed E-state index contributed by atoms with van der Waals surface area (Å²) in [5.41, 5.74) is 2.88. The second kappa shape index (κ2) is 10.2. The summed E-state index contributed by atoms with van der Waals surface area (Å²) in [5.74, 6) is -0.991. The predicted molar refractivity (Wildman–Crippen MR) is 110 cm³/mol. The lowest BCUT2D eigenvalue weighted by Crippen LogP contribution is -2.37. The molecule has 0 spiro atoms. The third-order valence-corrected chi connectivity index (χ3v) is 4.26. The Morgan fingerprint density at radius 3 is 2.64 bits per heavy atom. The van der Waals surface area contributed by atoms with Crippen molar-refractivity contribution < 1.29 is 14.7 Å². The number of anilines is 1.